The van der Waals surface area contributed by atoms with E-state index in [1.165, 1.54) is 347 Å². The van der Waals surface area contributed by atoms with Crippen LogP contribution in [0.4, 0.5) is 0 Å². The van der Waals surface area contributed by atoms with Gasteiger partial charge in [-0.15, -0.1) is 0 Å². The molecule has 9 nitrogen and oxygen atoms in total. The lowest BCUT2D eigenvalue weighted by atomic mass is 10.0. The molecular weight excluding hydrogens is 1230 g/mol. The van der Waals surface area contributed by atoms with E-state index in [2.05, 4.69) is 74.6 Å². The highest BCUT2D eigenvalue weighted by Crippen LogP contribution is 2.21. The number of allylic oxidation sites excluding steroid dienone is 10. The lowest BCUT2D eigenvalue weighted by Crippen LogP contribution is -2.40. The summed E-state index contributed by atoms with van der Waals surface area (Å²) in [6.07, 6.45) is 107. The summed E-state index contributed by atoms with van der Waals surface area (Å²) in [6, 6.07) is 0. The lowest BCUT2D eigenvalue weighted by Gasteiger charge is -2.25. The molecule has 0 rings (SSSR count). The SMILES string of the molecule is CC/C=C\C/C=C\C/C=C\C/C=C\C/C=C\CCCCCCCCCCCCCCCCCCCCCCCCCC(=O)OC(COC(=O)CCCCCCCCCCCCCCCCCCCCCCCCCCCCCCCCCCCCCC)COC(OCC[N+](C)(C)C)C(=O)O. The molecule has 0 bridgehead atoms. The van der Waals surface area contributed by atoms with Crippen molar-refractivity contribution in [3.05, 3.63) is 60.8 Å². The number of carbonyl (C=O) groups is 3. The number of quaternary nitrogens is 1. The van der Waals surface area contributed by atoms with Crippen LogP contribution in [0.1, 0.15) is 444 Å². The Morgan fingerprint density at radius 1 is 0.310 bits per heavy atom. The van der Waals surface area contributed by atoms with Crippen molar-refractivity contribution >= 4 is 17.9 Å². The van der Waals surface area contributed by atoms with Gasteiger partial charge >= 0.3 is 17.9 Å². The van der Waals surface area contributed by atoms with Crippen molar-refractivity contribution in [3.8, 4) is 0 Å². The zero-order valence-electron chi connectivity index (χ0n) is 67.4. The number of hydrogen-bond acceptors (Lipinski definition) is 7. The summed E-state index contributed by atoms with van der Waals surface area (Å²) in [5, 5.41) is 9.79. The maximum Gasteiger partial charge on any atom is 0.361 e. The van der Waals surface area contributed by atoms with E-state index in [-0.39, 0.29) is 38.2 Å². The number of aliphatic carboxylic acids is 1. The van der Waals surface area contributed by atoms with Crippen molar-refractivity contribution in [2.45, 2.75) is 456 Å². The van der Waals surface area contributed by atoms with Crippen LogP contribution < -0.4 is 0 Å². The van der Waals surface area contributed by atoms with Crippen LogP contribution in [0.15, 0.2) is 60.8 Å². The van der Waals surface area contributed by atoms with Gasteiger partial charge in [-0.2, -0.15) is 0 Å². The van der Waals surface area contributed by atoms with Gasteiger partial charge in [-0.1, -0.05) is 434 Å². The van der Waals surface area contributed by atoms with E-state index in [9.17, 15) is 19.5 Å². The molecule has 1 N–H and O–H groups in total. The molecule has 0 heterocycles. The first-order valence-electron chi connectivity index (χ1n) is 44.0. The highest BCUT2D eigenvalue weighted by atomic mass is 16.7. The van der Waals surface area contributed by atoms with Gasteiger partial charge in [0.2, 0.25) is 0 Å². The van der Waals surface area contributed by atoms with Crippen LogP contribution in [0.5, 0.6) is 0 Å². The third kappa shape index (κ3) is 82.3. The molecule has 586 valence electrons. The molecule has 0 saturated carbocycles. The number of unbranched alkanes of at least 4 members (excludes halogenated alkanes) is 58. The Kier molecular flexibility index (Phi) is 79.2. The fourth-order valence-corrected chi connectivity index (χ4v) is 13.4. The topological polar surface area (TPSA) is 108 Å². The number of carboxylic acid groups (broad SMARTS) is 1. The zero-order chi connectivity index (χ0) is 72.5. The Labute approximate surface area is 622 Å². The molecule has 0 fully saturated rings. The summed E-state index contributed by atoms with van der Waals surface area (Å²) in [4.78, 5) is 37.8. The minimum absolute atomic E-state index is 0.175. The van der Waals surface area contributed by atoms with Crippen molar-refractivity contribution in [1.82, 2.24) is 0 Å². The molecule has 0 aliphatic heterocycles. The lowest BCUT2D eigenvalue weighted by molar-refractivity contribution is -0.870. The molecule has 0 aliphatic carbocycles. The number of ether oxygens (including phenoxy) is 4. The monoisotopic (exact) mass is 1410 g/mol. The van der Waals surface area contributed by atoms with Gasteiger partial charge in [-0.25, -0.2) is 4.79 Å². The van der Waals surface area contributed by atoms with E-state index in [1.54, 1.807) is 0 Å². The number of rotatable bonds is 83. The Morgan fingerprint density at radius 3 is 0.850 bits per heavy atom. The van der Waals surface area contributed by atoms with Gasteiger partial charge in [0.25, 0.3) is 6.29 Å². The molecule has 0 aromatic heterocycles. The Balaban J connectivity index is 3.91. The molecule has 0 amide bonds. The number of nitrogens with zero attached hydrogens (tertiary/aromatic N) is 1. The van der Waals surface area contributed by atoms with Gasteiger partial charge in [0.05, 0.1) is 34.4 Å². The van der Waals surface area contributed by atoms with Gasteiger partial charge in [0.15, 0.2) is 6.10 Å². The first-order chi connectivity index (χ1) is 49.1. The van der Waals surface area contributed by atoms with E-state index >= 15 is 0 Å². The average Bonchev–Trinajstić information content (AvgIpc) is 1.08. The maximum atomic E-state index is 13.0. The van der Waals surface area contributed by atoms with Gasteiger partial charge in [0.1, 0.15) is 13.2 Å². The van der Waals surface area contributed by atoms with Crippen LogP contribution >= 0.6 is 0 Å². The van der Waals surface area contributed by atoms with Gasteiger partial charge in [-0.3, -0.25) is 9.59 Å². The summed E-state index contributed by atoms with van der Waals surface area (Å²) in [5.41, 5.74) is 0. The van der Waals surface area contributed by atoms with Crippen LogP contribution in [0.25, 0.3) is 0 Å². The second-order valence-corrected chi connectivity index (χ2v) is 31.2. The summed E-state index contributed by atoms with van der Waals surface area (Å²) in [6.45, 7) is 4.85. The standard InChI is InChI=1S/C91H169NO8/c1-6-8-10-12-14-16-18-20-22-24-26-28-30-32-34-36-38-40-42-44-45-46-48-50-52-54-56-58-60-62-64-66-68-70-72-74-76-78-80-82-89(94)100-87(86-99-91(90(95)96)97-84-83-92(3,4)5)85-98-88(93)81-79-77-75-73-71-69-67-65-63-61-59-57-55-53-51-49-47-43-41-39-37-35-33-31-29-27-25-23-21-19-17-15-13-11-9-7-2/h8,10,14,16,20,22,26,28,32,34,87,91H,6-7,9,11-13,15,17-19,21,23-25,27,29-31,33,35-86H2,1-5H3/p+1/b10-8-,16-14-,22-20-,28-26-,34-32-. The van der Waals surface area contributed by atoms with Crippen molar-refractivity contribution in [3.63, 3.8) is 0 Å². The fraction of sp³-hybridized carbons (Fsp3) is 0.857. The average molecular weight is 1410 g/mol. The fourth-order valence-electron chi connectivity index (χ4n) is 13.4. The summed E-state index contributed by atoms with van der Waals surface area (Å²) < 4.78 is 23.1. The predicted molar refractivity (Wildman–Crippen MR) is 433 cm³/mol. The van der Waals surface area contributed by atoms with E-state index in [1.807, 2.05) is 21.1 Å². The number of esters is 2. The zero-order valence-corrected chi connectivity index (χ0v) is 67.4. The van der Waals surface area contributed by atoms with Crippen molar-refractivity contribution in [2.24, 2.45) is 0 Å². The molecule has 0 aromatic carbocycles. The summed E-state index contributed by atoms with van der Waals surface area (Å²) >= 11 is 0. The van der Waals surface area contributed by atoms with E-state index in [4.69, 9.17) is 18.9 Å². The third-order valence-electron chi connectivity index (χ3n) is 20.0. The highest BCUT2D eigenvalue weighted by molar-refractivity contribution is 5.71. The number of carboxylic acids is 1. The van der Waals surface area contributed by atoms with Crippen LogP contribution in [0, 0.1) is 0 Å². The van der Waals surface area contributed by atoms with Crippen molar-refractivity contribution in [1.29, 1.82) is 0 Å². The molecule has 2 atom stereocenters. The Hall–Kier alpha value is -3.01. The molecule has 0 radical (unpaired) electrons. The van der Waals surface area contributed by atoms with Gasteiger partial charge in [0, 0.05) is 12.8 Å². The first kappa shape index (κ1) is 97.0. The molecular formula is C91H170NO8+. The number of hydrogen-bond donors (Lipinski definition) is 1. The molecule has 0 aromatic rings. The quantitative estimate of drug-likeness (QED) is 0.0211. The first-order valence-corrected chi connectivity index (χ1v) is 44.0. The van der Waals surface area contributed by atoms with Crippen molar-refractivity contribution in [2.75, 3.05) is 47.5 Å². The third-order valence-corrected chi connectivity index (χ3v) is 20.0. The number of likely N-dealkylation sites (N-methyl/N-ethyl adjacent to an activating group) is 1. The smallest absolute Gasteiger partial charge is 0.361 e. The molecule has 9 heteroatoms. The minimum Gasteiger partial charge on any atom is -0.477 e. The molecule has 0 saturated heterocycles. The second-order valence-electron chi connectivity index (χ2n) is 31.2. The maximum absolute atomic E-state index is 13.0. The van der Waals surface area contributed by atoms with Crippen LogP contribution in [0.2, 0.25) is 0 Å². The predicted octanol–water partition coefficient (Wildman–Crippen LogP) is 28.5. The molecule has 0 aliphatic rings. The second kappa shape index (κ2) is 81.7. The Bertz CT molecular complexity index is 1830. The molecule has 0 spiro atoms. The molecule has 100 heavy (non-hydrogen) atoms. The van der Waals surface area contributed by atoms with Crippen LogP contribution in [0.3, 0.4) is 0 Å². The van der Waals surface area contributed by atoms with Crippen LogP contribution in [-0.2, 0) is 33.3 Å². The van der Waals surface area contributed by atoms with E-state index < -0.39 is 18.4 Å². The Morgan fingerprint density at radius 2 is 0.570 bits per heavy atom. The van der Waals surface area contributed by atoms with E-state index in [0.29, 0.717) is 17.4 Å². The van der Waals surface area contributed by atoms with Gasteiger partial charge < -0.3 is 28.5 Å². The number of carbonyl (C=O) groups excluding carboxylic acids is 2. The largest absolute Gasteiger partial charge is 0.477 e. The summed E-state index contributed by atoms with van der Waals surface area (Å²) in [5.74, 6) is -1.97. The van der Waals surface area contributed by atoms with Crippen LogP contribution in [-0.4, -0.2) is 87.4 Å². The summed E-state index contributed by atoms with van der Waals surface area (Å²) in [7, 11) is 6.00. The minimum atomic E-state index is -1.51. The van der Waals surface area contributed by atoms with Crippen molar-refractivity contribution < 1.29 is 42.9 Å². The highest BCUT2D eigenvalue weighted by Gasteiger charge is 2.25. The van der Waals surface area contributed by atoms with E-state index in [0.717, 1.165) is 70.6 Å². The normalized spacial score (nSPS) is 12.8. The molecule has 2 unspecified atom stereocenters. The van der Waals surface area contributed by atoms with Gasteiger partial charge in [-0.05, 0) is 57.8 Å².